The number of nitrogens with one attached hydrogen (secondary N) is 2. The van der Waals surface area contributed by atoms with Crippen LogP contribution in [-0.4, -0.2) is 63.3 Å². The van der Waals surface area contributed by atoms with E-state index in [9.17, 15) is 4.79 Å². The van der Waals surface area contributed by atoms with Gasteiger partial charge in [-0.2, -0.15) is 0 Å². The molecule has 2 fully saturated rings. The van der Waals surface area contributed by atoms with Gasteiger partial charge in [0.25, 0.3) is 5.91 Å². The number of amides is 1. The molecule has 2 N–H and O–H groups in total. The molecule has 1 amide bonds. The van der Waals surface area contributed by atoms with Crippen molar-refractivity contribution in [3.63, 3.8) is 0 Å². The SMILES string of the molecule is CN(C)C(=O)c1cccc(CCNC2CCCC2C2COCCN2)c1.Cl. The lowest BCUT2D eigenvalue weighted by Crippen LogP contribution is -2.51. The average molecular weight is 382 g/mol. The van der Waals surface area contributed by atoms with Gasteiger partial charge in [0.2, 0.25) is 0 Å². The van der Waals surface area contributed by atoms with Crippen LogP contribution in [0.25, 0.3) is 0 Å². The van der Waals surface area contributed by atoms with Gasteiger partial charge in [0, 0.05) is 38.3 Å². The molecule has 1 aromatic carbocycles. The number of hydrogen-bond donors (Lipinski definition) is 2. The summed E-state index contributed by atoms with van der Waals surface area (Å²) in [5.41, 5.74) is 1.98. The number of nitrogens with zero attached hydrogens (tertiary/aromatic N) is 1. The monoisotopic (exact) mass is 381 g/mol. The van der Waals surface area contributed by atoms with Crippen molar-refractivity contribution in [2.45, 2.75) is 37.8 Å². The number of morpholine rings is 1. The zero-order valence-electron chi connectivity index (χ0n) is 15.9. The Hall–Kier alpha value is -1.14. The Morgan fingerprint density at radius 3 is 2.92 bits per heavy atom. The lowest BCUT2D eigenvalue weighted by molar-refractivity contribution is 0.0526. The summed E-state index contributed by atoms with van der Waals surface area (Å²) in [6, 6.07) is 9.07. The lowest BCUT2D eigenvalue weighted by atomic mass is 9.94. The number of hydrogen-bond acceptors (Lipinski definition) is 4. The molecule has 0 spiro atoms. The van der Waals surface area contributed by atoms with E-state index in [4.69, 9.17) is 4.74 Å². The van der Waals surface area contributed by atoms with E-state index in [2.05, 4.69) is 16.7 Å². The summed E-state index contributed by atoms with van der Waals surface area (Å²) in [5, 5.41) is 7.38. The molecule has 6 heteroatoms. The molecule has 1 heterocycles. The summed E-state index contributed by atoms with van der Waals surface area (Å²) in [5.74, 6) is 0.732. The van der Waals surface area contributed by atoms with Crippen molar-refractivity contribution in [2.75, 3.05) is 40.4 Å². The highest BCUT2D eigenvalue weighted by Gasteiger charge is 2.34. The predicted octanol–water partition coefficient (Wildman–Crippen LogP) is 2.10. The number of rotatable bonds is 6. The molecular formula is C20H32ClN3O2. The van der Waals surface area contributed by atoms with Gasteiger partial charge in [0.1, 0.15) is 0 Å². The zero-order chi connectivity index (χ0) is 17.6. The quantitative estimate of drug-likeness (QED) is 0.792. The van der Waals surface area contributed by atoms with E-state index < -0.39 is 0 Å². The van der Waals surface area contributed by atoms with Gasteiger partial charge in [-0.3, -0.25) is 4.79 Å². The fourth-order valence-corrected chi connectivity index (χ4v) is 4.10. The number of carbonyl (C=O) groups excluding carboxylic acids is 1. The fraction of sp³-hybridized carbons (Fsp3) is 0.650. The van der Waals surface area contributed by atoms with Gasteiger partial charge >= 0.3 is 0 Å². The molecule has 1 aliphatic carbocycles. The topological polar surface area (TPSA) is 53.6 Å². The molecule has 146 valence electrons. The van der Waals surface area contributed by atoms with Crippen LogP contribution in [0.2, 0.25) is 0 Å². The van der Waals surface area contributed by atoms with Crippen molar-refractivity contribution >= 4 is 18.3 Å². The summed E-state index contributed by atoms with van der Waals surface area (Å²) >= 11 is 0. The predicted molar refractivity (Wildman–Crippen MR) is 107 cm³/mol. The van der Waals surface area contributed by atoms with Crippen LogP contribution in [0.15, 0.2) is 24.3 Å². The van der Waals surface area contributed by atoms with Gasteiger partial charge < -0.3 is 20.3 Å². The maximum absolute atomic E-state index is 12.1. The van der Waals surface area contributed by atoms with E-state index in [1.807, 2.05) is 18.2 Å². The average Bonchev–Trinajstić information content (AvgIpc) is 3.10. The van der Waals surface area contributed by atoms with Gasteiger partial charge in [-0.1, -0.05) is 18.6 Å². The molecule has 0 radical (unpaired) electrons. The first-order chi connectivity index (χ1) is 12.1. The Balaban J connectivity index is 0.00000243. The Morgan fingerprint density at radius 2 is 2.19 bits per heavy atom. The highest BCUT2D eigenvalue weighted by atomic mass is 35.5. The second-order valence-corrected chi connectivity index (χ2v) is 7.44. The summed E-state index contributed by atoms with van der Waals surface area (Å²) < 4.78 is 5.65. The van der Waals surface area contributed by atoms with Crippen LogP contribution in [0.3, 0.4) is 0 Å². The zero-order valence-corrected chi connectivity index (χ0v) is 16.7. The summed E-state index contributed by atoms with van der Waals surface area (Å²) in [6.45, 7) is 3.61. The summed E-state index contributed by atoms with van der Waals surface area (Å²) in [7, 11) is 3.58. The fourth-order valence-electron chi connectivity index (χ4n) is 4.10. The molecule has 2 aliphatic rings. The third kappa shape index (κ3) is 5.43. The van der Waals surface area contributed by atoms with E-state index in [0.717, 1.165) is 38.3 Å². The van der Waals surface area contributed by atoms with E-state index in [-0.39, 0.29) is 18.3 Å². The van der Waals surface area contributed by atoms with Crippen LogP contribution in [-0.2, 0) is 11.2 Å². The molecule has 1 saturated heterocycles. The van der Waals surface area contributed by atoms with Crippen molar-refractivity contribution in [2.24, 2.45) is 5.92 Å². The first kappa shape index (κ1) is 21.2. The molecule has 26 heavy (non-hydrogen) atoms. The van der Waals surface area contributed by atoms with Crippen LogP contribution >= 0.6 is 12.4 Å². The van der Waals surface area contributed by atoms with Crippen LogP contribution in [0.1, 0.15) is 35.2 Å². The second kappa shape index (κ2) is 10.3. The minimum absolute atomic E-state index is 0. The molecule has 1 aromatic rings. The van der Waals surface area contributed by atoms with Crippen LogP contribution in [0, 0.1) is 5.92 Å². The maximum Gasteiger partial charge on any atom is 0.253 e. The van der Waals surface area contributed by atoms with Crippen LogP contribution in [0.5, 0.6) is 0 Å². The van der Waals surface area contributed by atoms with Gasteiger partial charge in [0.15, 0.2) is 0 Å². The highest BCUT2D eigenvalue weighted by molar-refractivity contribution is 5.94. The largest absolute Gasteiger partial charge is 0.379 e. The van der Waals surface area contributed by atoms with Crippen molar-refractivity contribution in [1.29, 1.82) is 0 Å². The molecule has 1 saturated carbocycles. The minimum Gasteiger partial charge on any atom is -0.379 e. The minimum atomic E-state index is 0. The van der Waals surface area contributed by atoms with E-state index in [0.29, 0.717) is 18.0 Å². The van der Waals surface area contributed by atoms with Gasteiger partial charge in [-0.15, -0.1) is 12.4 Å². The first-order valence-corrected chi connectivity index (χ1v) is 9.50. The summed E-state index contributed by atoms with van der Waals surface area (Å²) in [4.78, 5) is 13.7. The van der Waals surface area contributed by atoms with Crippen molar-refractivity contribution < 1.29 is 9.53 Å². The van der Waals surface area contributed by atoms with E-state index in [1.165, 1.54) is 24.8 Å². The van der Waals surface area contributed by atoms with Crippen LogP contribution < -0.4 is 10.6 Å². The van der Waals surface area contributed by atoms with Crippen molar-refractivity contribution in [3.05, 3.63) is 35.4 Å². The number of ether oxygens (including phenoxy) is 1. The van der Waals surface area contributed by atoms with Crippen LogP contribution in [0.4, 0.5) is 0 Å². The van der Waals surface area contributed by atoms with E-state index >= 15 is 0 Å². The van der Waals surface area contributed by atoms with Crippen molar-refractivity contribution in [1.82, 2.24) is 15.5 Å². The van der Waals surface area contributed by atoms with Gasteiger partial charge in [0.05, 0.1) is 13.2 Å². The molecule has 3 unspecified atom stereocenters. The van der Waals surface area contributed by atoms with Gasteiger partial charge in [-0.05, 0) is 49.4 Å². The smallest absolute Gasteiger partial charge is 0.253 e. The lowest BCUT2D eigenvalue weighted by Gasteiger charge is -2.33. The number of benzene rings is 1. The molecular weight excluding hydrogens is 350 g/mol. The van der Waals surface area contributed by atoms with Crippen molar-refractivity contribution in [3.8, 4) is 0 Å². The third-order valence-electron chi connectivity index (χ3n) is 5.44. The number of carbonyl (C=O) groups is 1. The third-order valence-corrected chi connectivity index (χ3v) is 5.44. The Kier molecular flexibility index (Phi) is 8.35. The molecule has 0 aromatic heterocycles. The molecule has 3 rings (SSSR count). The number of halogens is 1. The highest BCUT2D eigenvalue weighted by Crippen LogP contribution is 2.29. The Labute approximate surface area is 163 Å². The van der Waals surface area contributed by atoms with E-state index in [1.54, 1.807) is 19.0 Å². The van der Waals surface area contributed by atoms with Gasteiger partial charge in [-0.25, -0.2) is 0 Å². The standard InChI is InChI=1S/C20H31N3O2.ClH/c1-23(2)20(24)16-6-3-5-15(13-16)9-10-21-18-8-4-7-17(18)19-14-25-12-11-22-19;/h3,5-6,13,17-19,21-22H,4,7-12,14H2,1-2H3;1H. The normalized spacial score (nSPS) is 25.5. The molecule has 5 nitrogen and oxygen atoms in total. The Morgan fingerprint density at radius 1 is 1.35 bits per heavy atom. The second-order valence-electron chi connectivity index (χ2n) is 7.44. The first-order valence-electron chi connectivity index (χ1n) is 9.50. The Bertz CT molecular complexity index is 576. The molecule has 3 atom stereocenters. The maximum atomic E-state index is 12.1. The molecule has 0 bridgehead atoms. The summed E-state index contributed by atoms with van der Waals surface area (Å²) in [6.07, 6.45) is 4.78. The molecule has 1 aliphatic heterocycles.